The Bertz CT molecular complexity index is 535. The third-order valence-electron chi connectivity index (χ3n) is 1.88. The van der Waals surface area contributed by atoms with E-state index < -0.39 is 0 Å². The molecular formula is C11H8Cl2N2S2. The summed E-state index contributed by atoms with van der Waals surface area (Å²) in [4.78, 5) is 9.40. The van der Waals surface area contributed by atoms with Crippen molar-refractivity contribution in [2.75, 3.05) is 6.26 Å². The molecule has 88 valence electrons. The molecule has 17 heavy (non-hydrogen) atoms. The lowest BCUT2D eigenvalue weighted by Gasteiger charge is -2.04. The summed E-state index contributed by atoms with van der Waals surface area (Å²) in [7, 11) is 0. The predicted molar refractivity (Wildman–Crippen MR) is 74.4 cm³/mol. The molecule has 0 bridgehead atoms. The molecule has 2 rings (SSSR count). The zero-order chi connectivity index (χ0) is 12.3. The number of thioether (sulfide) groups is 1. The highest BCUT2D eigenvalue weighted by molar-refractivity contribution is 7.99. The van der Waals surface area contributed by atoms with E-state index in [1.54, 1.807) is 6.07 Å². The highest BCUT2D eigenvalue weighted by atomic mass is 35.5. The van der Waals surface area contributed by atoms with Gasteiger partial charge in [0.05, 0.1) is 5.02 Å². The maximum atomic E-state index is 6.09. The number of nitrogens with zero attached hydrogens (tertiary/aromatic N) is 2. The number of halogens is 2. The van der Waals surface area contributed by atoms with Crippen LogP contribution >= 0.6 is 46.7 Å². The van der Waals surface area contributed by atoms with Gasteiger partial charge in [0.1, 0.15) is 10.2 Å². The molecule has 0 fully saturated rings. The second kappa shape index (κ2) is 5.96. The first-order valence-electron chi connectivity index (χ1n) is 4.70. The summed E-state index contributed by atoms with van der Waals surface area (Å²) < 4.78 is 0. The van der Waals surface area contributed by atoms with Crippen molar-refractivity contribution < 1.29 is 0 Å². The molecule has 6 heteroatoms. The summed E-state index contributed by atoms with van der Waals surface area (Å²) in [5.41, 5.74) is 0. The molecule has 0 unspecified atom stereocenters. The summed E-state index contributed by atoms with van der Waals surface area (Å²) >= 11 is 14.9. The van der Waals surface area contributed by atoms with Gasteiger partial charge in [0.15, 0.2) is 5.16 Å². The van der Waals surface area contributed by atoms with E-state index in [1.807, 2.05) is 30.5 Å². The predicted octanol–water partition coefficient (Wildman–Crippen LogP) is 4.66. The Balaban J connectivity index is 2.30. The number of benzene rings is 1. The second-order valence-corrected chi connectivity index (χ2v) is 5.68. The first-order chi connectivity index (χ1) is 8.19. The Morgan fingerprint density at radius 3 is 2.59 bits per heavy atom. The minimum Gasteiger partial charge on any atom is -0.216 e. The Labute approximate surface area is 118 Å². The summed E-state index contributed by atoms with van der Waals surface area (Å²) in [6, 6.07) is 9.36. The maximum Gasteiger partial charge on any atom is 0.189 e. The standard InChI is InChI=1S/C11H8Cl2N2S2/c1-16-11-14-9(13)6-10(15-11)17-8-5-3-2-4-7(8)12/h2-6H,1H3. The van der Waals surface area contributed by atoms with E-state index in [1.165, 1.54) is 23.5 Å². The van der Waals surface area contributed by atoms with Crippen LogP contribution in [0.1, 0.15) is 0 Å². The van der Waals surface area contributed by atoms with Crippen LogP contribution < -0.4 is 0 Å². The molecule has 1 aromatic heterocycles. The Morgan fingerprint density at radius 1 is 1.12 bits per heavy atom. The largest absolute Gasteiger partial charge is 0.216 e. The smallest absolute Gasteiger partial charge is 0.189 e. The van der Waals surface area contributed by atoms with Gasteiger partial charge < -0.3 is 0 Å². The SMILES string of the molecule is CSc1nc(Cl)cc(Sc2ccccc2Cl)n1. The molecule has 1 aromatic carbocycles. The van der Waals surface area contributed by atoms with Crippen LogP contribution in [0.2, 0.25) is 10.2 Å². The van der Waals surface area contributed by atoms with Crippen LogP contribution in [-0.2, 0) is 0 Å². The van der Waals surface area contributed by atoms with Gasteiger partial charge in [0.25, 0.3) is 0 Å². The summed E-state index contributed by atoms with van der Waals surface area (Å²) in [6.45, 7) is 0. The number of aromatic nitrogens is 2. The molecule has 0 saturated carbocycles. The molecule has 0 saturated heterocycles. The minimum absolute atomic E-state index is 0.443. The highest BCUT2D eigenvalue weighted by Gasteiger charge is 2.06. The van der Waals surface area contributed by atoms with Crippen molar-refractivity contribution in [3.8, 4) is 0 Å². The van der Waals surface area contributed by atoms with Crippen LogP contribution in [-0.4, -0.2) is 16.2 Å². The van der Waals surface area contributed by atoms with Crippen LogP contribution in [0.5, 0.6) is 0 Å². The Kier molecular flexibility index (Phi) is 4.56. The first-order valence-corrected chi connectivity index (χ1v) is 7.49. The lowest BCUT2D eigenvalue weighted by molar-refractivity contribution is 0.894. The van der Waals surface area contributed by atoms with E-state index in [0.717, 1.165) is 9.92 Å². The van der Waals surface area contributed by atoms with Crippen molar-refractivity contribution in [2.24, 2.45) is 0 Å². The van der Waals surface area contributed by atoms with Gasteiger partial charge in [-0.15, -0.1) is 0 Å². The minimum atomic E-state index is 0.443. The highest BCUT2D eigenvalue weighted by Crippen LogP contribution is 2.33. The van der Waals surface area contributed by atoms with Crippen molar-refractivity contribution >= 4 is 46.7 Å². The maximum absolute atomic E-state index is 6.09. The van der Waals surface area contributed by atoms with Crippen LogP contribution in [0.15, 0.2) is 45.4 Å². The number of rotatable bonds is 3. The topological polar surface area (TPSA) is 25.8 Å². The van der Waals surface area contributed by atoms with Crippen molar-refractivity contribution in [3.05, 3.63) is 40.5 Å². The average Bonchev–Trinajstić information content (AvgIpc) is 2.31. The molecule has 0 atom stereocenters. The zero-order valence-electron chi connectivity index (χ0n) is 8.85. The second-order valence-electron chi connectivity index (χ2n) is 3.05. The monoisotopic (exact) mass is 302 g/mol. The van der Waals surface area contributed by atoms with Crippen LogP contribution in [0.25, 0.3) is 0 Å². The quantitative estimate of drug-likeness (QED) is 0.468. The van der Waals surface area contributed by atoms with Crippen LogP contribution in [0.3, 0.4) is 0 Å². The van der Waals surface area contributed by atoms with Gasteiger partial charge in [-0.25, -0.2) is 9.97 Å². The number of hydrogen-bond donors (Lipinski definition) is 0. The lowest BCUT2D eigenvalue weighted by atomic mass is 10.4. The molecule has 2 nitrogen and oxygen atoms in total. The van der Waals surface area contributed by atoms with E-state index in [2.05, 4.69) is 9.97 Å². The van der Waals surface area contributed by atoms with E-state index in [9.17, 15) is 0 Å². The van der Waals surface area contributed by atoms with Gasteiger partial charge in [0.2, 0.25) is 0 Å². The Hall–Kier alpha value is -0.420. The van der Waals surface area contributed by atoms with Crippen LogP contribution in [0, 0.1) is 0 Å². The first kappa shape index (κ1) is 13.0. The van der Waals surface area contributed by atoms with Crippen molar-refractivity contribution in [1.29, 1.82) is 0 Å². The molecule has 0 aliphatic carbocycles. The van der Waals surface area contributed by atoms with E-state index >= 15 is 0 Å². The number of hydrogen-bond acceptors (Lipinski definition) is 4. The third-order valence-corrected chi connectivity index (χ3v) is 4.06. The summed E-state index contributed by atoms with van der Waals surface area (Å²) in [5.74, 6) is 0. The summed E-state index contributed by atoms with van der Waals surface area (Å²) in [6.07, 6.45) is 1.91. The average molecular weight is 303 g/mol. The molecule has 0 N–H and O–H groups in total. The normalized spacial score (nSPS) is 10.5. The van der Waals surface area contributed by atoms with Gasteiger partial charge in [-0.05, 0) is 18.4 Å². The molecule has 1 heterocycles. The van der Waals surface area contributed by atoms with Gasteiger partial charge in [0, 0.05) is 11.0 Å². The van der Waals surface area contributed by atoms with E-state index in [4.69, 9.17) is 23.2 Å². The molecule has 2 aromatic rings. The van der Waals surface area contributed by atoms with Gasteiger partial charge >= 0.3 is 0 Å². The van der Waals surface area contributed by atoms with Crippen molar-refractivity contribution in [2.45, 2.75) is 15.1 Å². The van der Waals surface area contributed by atoms with Crippen molar-refractivity contribution in [1.82, 2.24) is 9.97 Å². The fourth-order valence-electron chi connectivity index (χ4n) is 1.16. The zero-order valence-corrected chi connectivity index (χ0v) is 12.0. The fraction of sp³-hybridized carbons (Fsp3) is 0.0909. The van der Waals surface area contributed by atoms with Crippen LogP contribution in [0.4, 0.5) is 0 Å². The molecule has 0 aliphatic heterocycles. The molecule has 0 radical (unpaired) electrons. The van der Waals surface area contributed by atoms with E-state index in [-0.39, 0.29) is 0 Å². The third kappa shape index (κ3) is 3.52. The fourth-order valence-corrected chi connectivity index (χ4v) is 2.99. The molecular weight excluding hydrogens is 295 g/mol. The van der Waals surface area contributed by atoms with Gasteiger partial charge in [-0.3, -0.25) is 0 Å². The molecule has 0 amide bonds. The van der Waals surface area contributed by atoms with Crippen molar-refractivity contribution in [3.63, 3.8) is 0 Å². The van der Waals surface area contributed by atoms with Gasteiger partial charge in [-0.2, -0.15) is 0 Å². The summed E-state index contributed by atoms with van der Waals surface area (Å²) in [5, 5.41) is 2.60. The van der Waals surface area contributed by atoms with E-state index in [0.29, 0.717) is 15.3 Å². The molecule has 0 aliphatic rings. The molecule has 0 spiro atoms. The Morgan fingerprint density at radius 2 is 1.88 bits per heavy atom. The lowest BCUT2D eigenvalue weighted by Crippen LogP contribution is -1.89. The van der Waals surface area contributed by atoms with Gasteiger partial charge in [-0.1, -0.05) is 58.9 Å².